The molecule has 0 aliphatic carbocycles. The van der Waals surface area contributed by atoms with Gasteiger partial charge in [0, 0.05) is 18.7 Å². The highest BCUT2D eigenvalue weighted by Gasteiger charge is 2.16. The van der Waals surface area contributed by atoms with Crippen LogP contribution in [0.5, 0.6) is 5.88 Å². The lowest BCUT2D eigenvalue weighted by Crippen LogP contribution is -2.16. The van der Waals surface area contributed by atoms with E-state index in [1.165, 1.54) is 0 Å². The second-order valence-electron chi connectivity index (χ2n) is 4.39. The van der Waals surface area contributed by atoms with Gasteiger partial charge in [-0.05, 0) is 19.9 Å². The van der Waals surface area contributed by atoms with Gasteiger partial charge in [-0.15, -0.1) is 0 Å². The van der Waals surface area contributed by atoms with E-state index in [1.54, 1.807) is 0 Å². The maximum Gasteiger partial charge on any atom is 0.218 e. The molecule has 1 aliphatic rings. The first kappa shape index (κ1) is 11.2. The summed E-state index contributed by atoms with van der Waals surface area (Å²) in [5.74, 6) is 1.49. The molecule has 2 aromatic rings. The van der Waals surface area contributed by atoms with E-state index in [0.29, 0.717) is 12.5 Å². The smallest absolute Gasteiger partial charge is 0.218 e. The molecule has 3 heterocycles. The number of fused-ring (bicyclic) bond motifs is 1. The van der Waals surface area contributed by atoms with Crippen LogP contribution in [-0.2, 0) is 6.54 Å². The Morgan fingerprint density at radius 1 is 1.28 bits per heavy atom. The van der Waals surface area contributed by atoms with Crippen molar-refractivity contribution in [3.05, 3.63) is 29.2 Å². The zero-order chi connectivity index (χ0) is 12.5. The number of nitrogens with one attached hydrogen (secondary N) is 1. The van der Waals surface area contributed by atoms with E-state index in [9.17, 15) is 0 Å². The van der Waals surface area contributed by atoms with E-state index in [2.05, 4.69) is 15.5 Å². The third-order valence-electron chi connectivity index (χ3n) is 3.06. The minimum atomic E-state index is 0.644. The Bertz CT molecular complexity index is 558. The Labute approximate surface area is 105 Å². The number of aryl methyl sites for hydroxylation is 2. The standard InChI is InChI=1S/C13H15N3O2/c1-8-12(9(2)18-16-8)11-4-3-10-7-14-5-6-17-13(10)15-11/h3-4,14H,5-7H2,1-2H3. The summed E-state index contributed by atoms with van der Waals surface area (Å²) in [4.78, 5) is 4.58. The molecule has 0 bridgehead atoms. The van der Waals surface area contributed by atoms with E-state index in [0.717, 1.165) is 41.4 Å². The number of ether oxygens (including phenoxy) is 1. The molecule has 0 saturated heterocycles. The molecule has 5 nitrogen and oxygen atoms in total. The number of hydrogen-bond donors (Lipinski definition) is 1. The number of hydrogen-bond acceptors (Lipinski definition) is 5. The fraction of sp³-hybridized carbons (Fsp3) is 0.385. The lowest BCUT2D eigenvalue weighted by atomic mass is 10.1. The molecule has 0 fully saturated rings. The number of aromatic nitrogens is 2. The zero-order valence-corrected chi connectivity index (χ0v) is 10.5. The molecular weight excluding hydrogens is 230 g/mol. The first-order chi connectivity index (χ1) is 8.75. The van der Waals surface area contributed by atoms with Gasteiger partial charge in [-0.2, -0.15) is 0 Å². The van der Waals surface area contributed by atoms with Gasteiger partial charge in [-0.1, -0.05) is 11.2 Å². The highest BCUT2D eigenvalue weighted by atomic mass is 16.5. The van der Waals surface area contributed by atoms with Gasteiger partial charge in [0.15, 0.2) is 0 Å². The van der Waals surface area contributed by atoms with Crippen LogP contribution in [0.2, 0.25) is 0 Å². The average Bonchev–Trinajstić information content (AvgIpc) is 2.59. The number of rotatable bonds is 1. The summed E-state index contributed by atoms with van der Waals surface area (Å²) in [6.07, 6.45) is 0. The average molecular weight is 245 g/mol. The second kappa shape index (κ2) is 4.42. The molecule has 0 aromatic carbocycles. The van der Waals surface area contributed by atoms with E-state index in [-0.39, 0.29) is 0 Å². The highest BCUT2D eigenvalue weighted by molar-refractivity contribution is 5.64. The largest absolute Gasteiger partial charge is 0.476 e. The van der Waals surface area contributed by atoms with Crippen LogP contribution in [0.15, 0.2) is 16.7 Å². The van der Waals surface area contributed by atoms with Gasteiger partial charge in [0.1, 0.15) is 12.4 Å². The Hall–Kier alpha value is -1.88. The topological polar surface area (TPSA) is 60.2 Å². The quantitative estimate of drug-likeness (QED) is 0.830. The molecule has 0 radical (unpaired) electrons. The summed E-state index contributed by atoms with van der Waals surface area (Å²) >= 11 is 0. The molecule has 0 spiro atoms. The van der Waals surface area contributed by atoms with Crippen LogP contribution in [0.1, 0.15) is 17.0 Å². The van der Waals surface area contributed by atoms with Gasteiger partial charge in [0.05, 0.1) is 17.0 Å². The molecule has 0 atom stereocenters. The van der Waals surface area contributed by atoms with Crippen LogP contribution >= 0.6 is 0 Å². The summed E-state index contributed by atoms with van der Waals surface area (Å²) in [6, 6.07) is 4.03. The van der Waals surface area contributed by atoms with Crippen molar-refractivity contribution < 1.29 is 9.26 Å². The fourth-order valence-electron chi connectivity index (χ4n) is 2.16. The van der Waals surface area contributed by atoms with Gasteiger partial charge >= 0.3 is 0 Å². The fourth-order valence-corrected chi connectivity index (χ4v) is 2.16. The summed E-state index contributed by atoms with van der Waals surface area (Å²) in [5.41, 5.74) is 3.75. The number of nitrogens with zero attached hydrogens (tertiary/aromatic N) is 2. The molecule has 0 saturated carbocycles. The van der Waals surface area contributed by atoms with Gasteiger partial charge in [-0.25, -0.2) is 4.98 Å². The van der Waals surface area contributed by atoms with E-state index < -0.39 is 0 Å². The molecule has 1 aliphatic heterocycles. The van der Waals surface area contributed by atoms with Crippen molar-refractivity contribution in [2.75, 3.05) is 13.2 Å². The lowest BCUT2D eigenvalue weighted by molar-refractivity contribution is 0.314. The van der Waals surface area contributed by atoms with E-state index in [4.69, 9.17) is 9.26 Å². The van der Waals surface area contributed by atoms with Crippen molar-refractivity contribution in [2.45, 2.75) is 20.4 Å². The lowest BCUT2D eigenvalue weighted by Gasteiger charge is -2.07. The van der Waals surface area contributed by atoms with Gasteiger partial charge in [-0.3, -0.25) is 0 Å². The maximum atomic E-state index is 5.64. The number of pyridine rings is 1. The van der Waals surface area contributed by atoms with E-state index in [1.807, 2.05) is 26.0 Å². The summed E-state index contributed by atoms with van der Waals surface area (Å²) in [5, 5.41) is 7.24. The third-order valence-corrected chi connectivity index (χ3v) is 3.06. The van der Waals surface area contributed by atoms with Crippen LogP contribution in [0.3, 0.4) is 0 Å². The molecule has 94 valence electrons. The minimum absolute atomic E-state index is 0.644. The zero-order valence-electron chi connectivity index (χ0n) is 10.5. The van der Waals surface area contributed by atoms with Crippen LogP contribution < -0.4 is 10.1 Å². The SMILES string of the molecule is Cc1noc(C)c1-c1ccc2c(n1)OCCNC2. The van der Waals surface area contributed by atoms with Crippen molar-refractivity contribution in [2.24, 2.45) is 0 Å². The van der Waals surface area contributed by atoms with Crippen molar-refractivity contribution in [3.63, 3.8) is 0 Å². The summed E-state index contributed by atoms with van der Waals surface area (Å²) < 4.78 is 10.8. The highest BCUT2D eigenvalue weighted by Crippen LogP contribution is 2.28. The molecule has 3 rings (SSSR count). The van der Waals surface area contributed by atoms with Crippen LogP contribution in [0, 0.1) is 13.8 Å². The Morgan fingerprint density at radius 2 is 2.17 bits per heavy atom. The molecule has 1 N–H and O–H groups in total. The molecule has 2 aromatic heterocycles. The molecule has 0 unspecified atom stereocenters. The summed E-state index contributed by atoms with van der Waals surface area (Å²) in [7, 11) is 0. The van der Waals surface area contributed by atoms with Gasteiger partial charge in [0.25, 0.3) is 0 Å². The maximum absolute atomic E-state index is 5.64. The molecule has 0 amide bonds. The minimum Gasteiger partial charge on any atom is -0.476 e. The predicted molar refractivity (Wildman–Crippen MR) is 66.4 cm³/mol. The first-order valence-electron chi connectivity index (χ1n) is 6.02. The monoisotopic (exact) mass is 245 g/mol. The predicted octanol–water partition coefficient (Wildman–Crippen LogP) is 1.84. The van der Waals surface area contributed by atoms with Crippen LogP contribution in [0.25, 0.3) is 11.3 Å². The Kier molecular flexibility index (Phi) is 2.76. The van der Waals surface area contributed by atoms with Crippen molar-refractivity contribution in [1.29, 1.82) is 0 Å². The Morgan fingerprint density at radius 3 is 2.94 bits per heavy atom. The third kappa shape index (κ3) is 1.86. The normalized spacial score (nSPS) is 14.8. The first-order valence-corrected chi connectivity index (χ1v) is 6.02. The van der Waals surface area contributed by atoms with Crippen molar-refractivity contribution in [3.8, 4) is 17.1 Å². The summed E-state index contributed by atoms with van der Waals surface area (Å²) in [6.45, 7) is 6.10. The Balaban J connectivity index is 2.07. The van der Waals surface area contributed by atoms with Crippen molar-refractivity contribution in [1.82, 2.24) is 15.5 Å². The molecular formula is C13H15N3O2. The van der Waals surface area contributed by atoms with Crippen LogP contribution in [-0.4, -0.2) is 23.3 Å². The van der Waals surface area contributed by atoms with Crippen molar-refractivity contribution >= 4 is 0 Å². The van der Waals surface area contributed by atoms with Gasteiger partial charge < -0.3 is 14.6 Å². The van der Waals surface area contributed by atoms with Gasteiger partial charge in [0.2, 0.25) is 5.88 Å². The molecule has 5 heteroatoms. The molecule has 18 heavy (non-hydrogen) atoms. The van der Waals surface area contributed by atoms with E-state index >= 15 is 0 Å². The van der Waals surface area contributed by atoms with Crippen LogP contribution in [0.4, 0.5) is 0 Å². The second-order valence-corrected chi connectivity index (χ2v) is 4.39.